The summed E-state index contributed by atoms with van der Waals surface area (Å²) in [5.41, 5.74) is 6.08. The van der Waals surface area contributed by atoms with Gasteiger partial charge in [-0.2, -0.15) is 11.8 Å². The Morgan fingerprint density at radius 2 is 2.05 bits per heavy atom. The molecule has 0 radical (unpaired) electrons. The van der Waals surface area contributed by atoms with Gasteiger partial charge in [0.05, 0.1) is 10.6 Å². The molecule has 3 unspecified atom stereocenters. The molecule has 6 heteroatoms. The van der Waals surface area contributed by atoms with Crippen LogP contribution in [0, 0.1) is 6.92 Å². The molecule has 3 heterocycles. The van der Waals surface area contributed by atoms with E-state index in [0.29, 0.717) is 21.6 Å². The lowest BCUT2D eigenvalue weighted by Gasteiger charge is -2.30. The third-order valence-electron chi connectivity index (χ3n) is 3.40. The van der Waals surface area contributed by atoms with E-state index in [0.717, 1.165) is 21.8 Å². The Kier molecular flexibility index (Phi) is 3.66. The van der Waals surface area contributed by atoms with Crippen molar-refractivity contribution in [3.8, 4) is 0 Å². The van der Waals surface area contributed by atoms with E-state index in [9.17, 15) is 0 Å². The second-order valence-electron chi connectivity index (χ2n) is 4.91. The standard InChI is InChI=1S/C13H17N3S3/c1-6-4-9-11(14)15-12(16-13(9)18-6)10-5-17-7(2)8(3)19-10/h4,7-8,10H,5H2,1-3H3,(H2,14,15,16). The van der Waals surface area contributed by atoms with Crippen molar-refractivity contribution < 1.29 is 0 Å². The topological polar surface area (TPSA) is 51.8 Å². The van der Waals surface area contributed by atoms with Crippen LogP contribution in [0.15, 0.2) is 6.07 Å². The molecule has 3 nitrogen and oxygen atoms in total. The van der Waals surface area contributed by atoms with Crippen LogP contribution in [0.25, 0.3) is 10.2 Å². The van der Waals surface area contributed by atoms with Crippen LogP contribution in [0.4, 0.5) is 5.82 Å². The summed E-state index contributed by atoms with van der Waals surface area (Å²) < 4.78 is 0. The van der Waals surface area contributed by atoms with Gasteiger partial charge in [-0.05, 0) is 13.0 Å². The molecule has 1 fully saturated rings. The average molecular weight is 312 g/mol. The van der Waals surface area contributed by atoms with E-state index in [1.807, 2.05) is 23.5 Å². The summed E-state index contributed by atoms with van der Waals surface area (Å²) in [5.74, 6) is 2.61. The predicted octanol–water partition coefficient (Wildman–Crippen LogP) is 3.88. The fraction of sp³-hybridized carbons (Fsp3) is 0.538. The molecule has 0 bridgehead atoms. The second kappa shape index (κ2) is 5.14. The van der Waals surface area contributed by atoms with Crippen LogP contribution in [0.5, 0.6) is 0 Å². The number of thiophene rings is 1. The van der Waals surface area contributed by atoms with Crippen molar-refractivity contribution in [3.63, 3.8) is 0 Å². The van der Waals surface area contributed by atoms with Crippen molar-refractivity contribution in [2.24, 2.45) is 0 Å². The number of nitrogens with two attached hydrogens (primary N) is 1. The molecule has 2 aromatic rings. The average Bonchev–Trinajstić information content (AvgIpc) is 2.74. The van der Waals surface area contributed by atoms with Crippen LogP contribution in [0.1, 0.15) is 29.8 Å². The number of nitrogen functional groups attached to an aromatic ring is 1. The molecule has 2 aromatic heterocycles. The van der Waals surface area contributed by atoms with Gasteiger partial charge >= 0.3 is 0 Å². The number of anilines is 1. The van der Waals surface area contributed by atoms with E-state index in [1.165, 1.54) is 4.88 Å². The molecule has 1 saturated heterocycles. The highest BCUT2D eigenvalue weighted by atomic mass is 32.2. The van der Waals surface area contributed by atoms with Crippen LogP contribution in [-0.2, 0) is 0 Å². The third-order valence-corrected chi connectivity index (χ3v) is 7.73. The van der Waals surface area contributed by atoms with Crippen molar-refractivity contribution in [1.29, 1.82) is 0 Å². The number of hydrogen-bond acceptors (Lipinski definition) is 6. The Balaban J connectivity index is 1.96. The molecule has 3 atom stereocenters. The lowest BCUT2D eigenvalue weighted by molar-refractivity contribution is 0.867. The first kappa shape index (κ1) is 13.5. The van der Waals surface area contributed by atoms with Gasteiger partial charge in [0.2, 0.25) is 0 Å². The summed E-state index contributed by atoms with van der Waals surface area (Å²) >= 11 is 5.68. The zero-order valence-electron chi connectivity index (χ0n) is 11.2. The first-order valence-electron chi connectivity index (χ1n) is 6.35. The molecule has 0 saturated carbocycles. The maximum Gasteiger partial charge on any atom is 0.146 e. The molecular formula is C13H17N3S3. The number of aromatic nitrogens is 2. The molecule has 1 aliphatic heterocycles. The molecular weight excluding hydrogens is 294 g/mol. The predicted molar refractivity (Wildman–Crippen MR) is 88.3 cm³/mol. The minimum atomic E-state index is 0.366. The minimum Gasteiger partial charge on any atom is -0.383 e. The zero-order chi connectivity index (χ0) is 13.6. The maximum absolute atomic E-state index is 6.08. The van der Waals surface area contributed by atoms with E-state index in [2.05, 4.69) is 31.8 Å². The van der Waals surface area contributed by atoms with Crippen molar-refractivity contribution in [2.45, 2.75) is 36.5 Å². The second-order valence-corrected chi connectivity index (χ2v) is 9.14. The normalized spacial score (nSPS) is 27.8. The smallest absolute Gasteiger partial charge is 0.146 e. The number of rotatable bonds is 1. The van der Waals surface area contributed by atoms with Gasteiger partial charge in [0, 0.05) is 21.1 Å². The molecule has 0 aliphatic carbocycles. The Morgan fingerprint density at radius 1 is 1.26 bits per heavy atom. The van der Waals surface area contributed by atoms with Gasteiger partial charge in [-0.3, -0.25) is 0 Å². The third kappa shape index (κ3) is 2.58. The maximum atomic E-state index is 6.08. The fourth-order valence-electron chi connectivity index (χ4n) is 2.14. The van der Waals surface area contributed by atoms with Crippen molar-refractivity contribution in [1.82, 2.24) is 9.97 Å². The van der Waals surface area contributed by atoms with E-state index in [1.54, 1.807) is 11.3 Å². The van der Waals surface area contributed by atoms with E-state index >= 15 is 0 Å². The largest absolute Gasteiger partial charge is 0.383 e. The highest BCUT2D eigenvalue weighted by molar-refractivity contribution is 8.07. The zero-order valence-corrected chi connectivity index (χ0v) is 13.7. The number of aryl methyl sites for hydroxylation is 1. The fourth-order valence-corrected chi connectivity index (χ4v) is 5.88. The summed E-state index contributed by atoms with van der Waals surface area (Å²) in [6.07, 6.45) is 0. The van der Waals surface area contributed by atoms with Crippen LogP contribution in [0.2, 0.25) is 0 Å². The van der Waals surface area contributed by atoms with Gasteiger partial charge < -0.3 is 5.73 Å². The molecule has 19 heavy (non-hydrogen) atoms. The molecule has 0 amide bonds. The minimum absolute atomic E-state index is 0.366. The molecule has 1 aliphatic rings. The van der Waals surface area contributed by atoms with Crippen molar-refractivity contribution in [3.05, 3.63) is 16.8 Å². The number of nitrogens with zero attached hydrogens (tertiary/aromatic N) is 2. The summed E-state index contributed by atoms with van der Waals surface area (Å²) in [7, 11) is 0. The summed E-state index contributed by atoms with van der Waals surface area (Å²) in [6.45, 7) is 6.66. The van der Waals surface area contributed by atoms with Gasteiger partial charge in [-0.1, -0.05) is 13.8 Å². The summed E-state index contributed by atoms with van der Waals surface area (Å²) in [4.78, 5) is 11.5. The highest BCUT2D eigenvalue weighted by Crippen LogP contribution is 2.44. The van der Waals surface area contributed by atoms with E-state index < -0.39 is 0 Å². The first-order chi connectivity index (χ1) is 9.04. The van der Waals surface area contributed by atoms with Crippen LogP contribution < -0.4 is 5.73 Å². The Bertz CT molecular complexity index is 610. The number of hydrogen-bond donors (Lipinski definition) is 1. The van der Waals surface area contributed by atoms with Crippen molar-refractivity contribution >= 4 is 50.9 Å². The van der Waals surface area contributed by atoms with E-state index in [4.69, 9.17) is 10.7 Å². The Labute approximate surface area is 125 Å². The van der Waals surface area contributed by atoms with Gasteiger partial charge in [0.25, 0.3) is 0 Å². The van der Waals surface area contributed by atoms with Gasteiger partial charge in [-0.25, -0.2) is 9.97 Å². The van der Waals surface area contributed by atoms with E-state index in [-0.39, 0.29) is 0 Å². The van der Waals surface area contributed by atoms with Gasteiger partial charge in [0.15, 0.2) is 0 Å². The monoisotopic (exact) mass is 311 g/mol. The molecule has 0 aromatic carbocycles. The van der Waals surface area contributed by atoms with Crippen LogP contribution in [-0.4, -0.2) is 26.2 Å². The van der Waals surface area contributed by atoms with Crippen LogP contribution >= 0.6 is 34.9 Å². The first-order valence-corrected chi connectivity index (χ1v) is 9.16. The Hall–Kier alpha value is -0.460. The molecule has 102 valence electrons. The SMILES string of the molecule is Cc1cc2c(N)nc(C3CSC(C)C(C)S3)nc2s1. The number of thioether (sulfide) groups is 2. The van der Waals surface area contributed by atoms with Crippen molar-refractivity contribution in [2.75, 3.05) is 11.5 Å². The highest BCUT2D eigenvalue weighted by Gasteiger charge is 2.29. The van der Waals surface area contributed by atoms with Crippen LogP contribution in [0.3, 0.4) is 0 Å². The summed E-state index contributed by atoms with van der Waals surface area (Å²) in [5, 5.41) is 2.70. The Morgan fingerprint density at radius 3 is 2.79 bits per heavy atom. The quantitative estimate of drug-likeness (QED) is 0.866. The van der Waals surface area contributed by atoms with Gasteiger partial charge in [-0.15, -0.1) is 23.1 Å². The summed E-state index contributed by atoms with van der Waals surface area (Å²) in [6, 6.07) is 2.08. The molecule has 3 rings (SSSR count). The molecule has 0 spiro atoms. The lowest BCUT2D eigenvalue weighted by atomic mass is 10.3. The van der Waals surface area contributed by atoms with Gasteiger partial charge in [0.1, 0.15) is 16.5 Å². The number of fused-ring (bicyclic) bond motifs is 1. The molecule has 2 N–H and O–H groups in total. The lowest BCUT2D eigenvalue weighted by Crippen LogP contribution is -2.23.